The zero-order chi connectivity index (χ0) is 9.14. The van der Waals surface area contributed by atoms with Crippen molar-refractivity contribution < 1.29 is 0 Å². The molecule has 0 heterocycles. The van der Waals surface area contributed by atoms with Gasteiger partial charge in [-0.25, -0.2) is 0 Å². The van der Waals surface area contributed by atoms with Crippen LogP contribution in [0.2, 0.25) is 5.02 Å². The molecule has 0 atom stereocenters. The Morgan fingerprint density at radius 2 is 2.17 bits per heavy atom. The highest BCUT2D eigenvalue weighted by Crippen LogP contribution is 2.26. The van der Waals surface area contributed by atoms with Crippen LogP contribution < -0.4 is 0 Å². The minimum atomic E-state index is 0.432. The van der Waals surface area contributed by atoms with E-state index in [1.54, 1.807) is 0 Å². The maximum absolute atomic E-state index is 5.95. The highest BCUT2D eigenvalue weighted by atomic mass is 35.5. The Labute approximate surface area is 82.8 Å². The predicted molar refractivity (Wildman–Crippen MR) is 55.7 cm³/mol. The number of halogens is 2. The summed E-state index contributed by atoms with van der Waals surface area (Å²) in [6.07, 6.45) is 0. The van der Waals surface area contributed by atoms with Crippen LogP contribution in [0.25, 0.3) is 5.57 Å². The monoisotopic (exact) mass is 200 g/mol. The lowest BCUT2D eigenvalue weighted by molar-refractivity contribution is 1.36. The summed E-state index contributed by atoms with van der Waals surface area (Å²) in [5.41, 5.74) is 3.01. The molecule has 0 nitrogen and oxygen atoms in total. The first-order valence-electron chi connectivity index (χ1n) is 3.66. The van der Waals surface area contributed by atoms with Gasteiger partial charge in [-0.1, -0.05) is 35.9 Å². The van der Waals surface area contributed by atoms with Gasteiger partial charge in [0.15, 0.2) is 0 Å². The summed E-state index contributed by atoms with van der Waals surface area (Å²) in [7, 11) is 0. The van der Waals surface area contributed by atoms with E-state index in [-0.39, 0.29) is 0 Å². The highest BCUT2D eigenvalue weighted by molar-refractivity contribution is 6.32. The molecule has 0 amide bonds. The van der Waals surface area contributed by atoms with Crippen LogP contribution in [0.5, 0.6) is 0 Å². The van der Waals surface area contributed by atoms with Gasteiger partial charge in [0.2, 0.25) is 0 Å². The molecule has 0 radical (unpaired) electrons. The van der Waals surface area contributed by atoms with Crippen molar-refractivity contribution >= 4 is 28.8 Å². The molecular weight excluding hydrogens is 191 g/mol. The third-order valence-corrected chi connectivity index (χ3v) is 2.33. The first-order valence-corrected chi connectivity index (χ1v) is 4.57. The first kappa shape index (κ1) is 9.63. The van der Waals surface area contributed by atoms with Gasteiger partial charge in [-0.15, -0.1) is 11.6 Å². The quantitative estimate of drug-likeness (QED) is 0.631. The third kappa shape index (κ3) is 1.82. The van der Waals surface area contributed by atoms with E-state index in [0.717, 1.165) is 16.7 Å². The summed E-state index contributed by atoms with van der Waals surface area (Å²) in [5.74, 6) is 0.432. The van der Waals surface area contributed by atoms with Gasteiger partial charge in [-0.3, -0.25) is 0 Å². The van der Waals surface area contributed by atoms with Crippen molar-refractivity contribution in [1.82, 2.24) is 0 Å². The van der Waals surface area contributed by atoms with Gasteiger partial charge >= 0.3 is 0 Å². The SMILES string of the molecule is C=C(C)c1cccc(Cl)c1CCl. The van der Waals surface area contributed by atoms with Crippen LogP contribution in [-0.4, -0.2) is 0 Å². The van der Waals surface area contributed by atoms with Crippen LogP contribution in [0, 0.1) is 0 Å². The molecule has 0 aliphatic rings. The van der Waals surface area contributed by atoms with Crippen molar-refractivity contribution in [3.8, 4) is 0 Å². The largest absolute Gasteiger partial charge is 0.121 e. The third-order valence-electron chi connectivity index (χ3n) is 1.71. The van der Waals surface area contributed by atoms with E-state index in [9.17, 15) is 0 Å². The molecule has 0 unspecified atom stereocenters. The summed E-state index contributed by atoms with van der Waals surface area (Å²) in [4.78, 5) is 0. The van der Waals surface area contributed by atoms with Crippen LogP contribution in [0.1, 0.15) is 18.1 Å². The van der Waals surface area contributed by atoms with Crippen molar-refractivity contribution in [2.45, 2.75) is 12.8 Å². The minimum Gasteiger partial charge on any atom is -0.121 e. The number of hydrogen-bond acceptors (Lipinski definition) is 0. The molecular formula is C10H10Cl2. The Balaban J connectivity index is 3.27. The Hall–Kier alpha value is -0.460. The Kier molecular flexibility index (Phi) is 3.19. The lowest BCUT2D eigenvalue weighted by atomic mass is 10.0. The topological polar surface area (TPSA) is 0 Å². The van der Waals surface area contributed by atoms with E-state index >= 15 is 0 Å². The van der Waals surface area contributed by atoms with Gasteiger partial charge < -0.3 is 0 Å². The second-order valence-electron chi connectivity index (χ2n) is 2.68. The summed E-state index contributed by atoms with van der Waals surface area (Å²) in [5, 5.41) is 0.713. The summed E-state index contributed by atoms with van der Waals surface area (Å²) in [6.45, 7) is 5.80. The second-order valence-corrected chi connectivity index (χ2v) is 3.35. The fourth-order valence-corrected chi connectivity index (χ4v) is 1.69. The van der Waals surface area contributed by atoms with Gasteiger partial charge in [-0.05, 0) is 24.1 Å². The summed E-state index contributed by atoms with van der Waals surface area (Å²) in [6, 6.07) is 5.72. The number of allylic oxidation sites excluding steroid dienone is 1. The van der Waals surface area contributed by atoms with Crippen LogP contribution >= 0.6 is 23.2 Å². The van der Waals surface area contributed by atoms with Gasteiger partial charge in [0.25, 0.3) is 0 Å². The maximum Gasteiger partial charge on any atom is 0.0494 e. The summed E-state index contributed by atoms with van der Waals surface area (Å²) >= 11 is 11.7. The lowest BCUT2D eigenvalue weighted by Crippen LogP contribution is -1.88. The van der Waals surface area contributed by atoms with Crippen molar-refractivity contribution in [2.75, 3.05) is 0 Å². The van der Waals surface area contributed by atoms with Gasteiger partial charge in [0.05, 0.1) is 0 Å². The molecule has 1 rings (SSSR count). The van der Waals surface area contributed by atoms with Crippen molar-refractivity contribution in [2.24, 2.45) is 0 Å². The molecule has 0 fully saturated rings. The standard InChI is InChI=1S/C10H10Cl2/c1-7(2)8-4-3-5-10(12)9(8)6-11/h3-5H,1,6H2,2H3. The first-order chi connectivity index (χ1) is 5.66. The second kappa shape index (κ2) is 3.97. The number of hydrogen-bond donors (Lipinski definition) is 0. The smallest absolute Gasteiger partial charge is 0.0494 e. The van der Waals surface area contributed by atoms with Gasteiger partial charge in [-0.2, -0.15) is 0 Å². The fraction of sp³-hybridized carbons (Fsp3) is 0.200. The Bertz CT molecular complexity index is 303. The molecule has 1 aromatic carbocycles. The molecule has 12 heavy (non-hydrogen) atoms. The van der Waals surface area contributed by atoms with E-state index in [4.69, 9.17) is 23.2 Å². The number of benzene rings is 1. The molecule has 64 valence electrons. The molecule has 0 aliphatic heterocycles. The van der Waals surface area contributed by atoms with E-state index in [0.29, 0.717) is 10.9 Å². The molecule has 0 spiro atoms. The van der Waals surface area contributed by atoms with Crippen molar-refractivity contribution in [3.05, 3.63) is 40.9 Å². The van der Waals surface area contributed by atoms with E-state index < -0.39 is 0 Å². The minimum absolute atomic E-state index is 0.432. The highest BCUT2D eigenvalue weighted by Gasteiger charge is 2.05. The van der Waals surface area contributed by atoms with Crippen LogP contribution in [-0.2, 0) is 5.88 Å². The average molecular weight is 201 g/mol. The Morgan fingerprint density at radius 3 is 2.58 bits per heavy atom. The molecule has 0 aliphatic carbocycles. The Morgan fingerprint density at radius 1 is 1.50 bits per heavy atom. The van der Waals surface area contributed by atoms with Gasteiger partial charge in [0, 0.05) is 10.9 Å². The summed E-state index contributed by atoms with van der Waals surface area (Å²) < 4.78 is 0. The number of rotatable bonds is 2. The van der Waals surface area contributed by atoms with Crippen LogP contribution in [0.4, 0.5) is 0 Å². The molecule has 2 heteroatoms. The lowest BCUT2D eigenvalue weighted by Gasteiger charge is -2.07. The van der Waals surface area contributed by atoms with Crippen molar-refractivity contribution in [3.63, 3.8) is 0 Å². The molecule has 0 aromatic heterocycles. The molecule has 0 saturated carbocycles. The average Bonchev–Trinajstić information content (AvgIpc) is 2.03. The molecule has 0 bridgehead atoms. The predicted octanol–water partition coefficient (Wildman–Crippen LogP) is 4.11. The zero-order valence-electron chi connectivity index (χ0n) is 6.90. The van der Waals surface area contributed by atoms with Crippen LogP contribution in [0.15, 0.2) is 24.8 Å². The normalized spacial score (nSPS) is 9.92. The zero-order valence-corrected chi connectivity index (χ0v) is 8.41. The van der Waals surface area contributed by atoms with E-state index in [2.05, 4.69) is 6.58 Å². The molecule has 0 N–H and O–H groups in total. The van der Waals surface area contributed by atoms with E-state index in [1.165, 1.54) is 0 Å². The molecule has 0 saturated heterocycles. The van der Waals surface area contributed by atoms with E-state index in [1.807, 2.05) is 25.1 Å². The fourth-order valence-electron chi connectivity index (χ4n) is 1.09. The number of alkyl halides is 1. The van der Waals surface area contributed by atoms with Crippen molar-refractivity contribution in [1.29, 1.82) is 0 Å². The van der Waals surface area contributed by atoms with Crippen LogP contribution in [0.3, 0.4) is 0 Å². The van der Waals surface area contributed by atoms with Gasteiger partial charge in [0.1, 0.15) is 0 Å². The maximum atomic E-state index is 5.95. The molecule has 1 aromatic rings.